The van der Waals surface area contributed by atoms with Crippen LogP contribution in [0.15, 0.2) is 48.2 Å². The lowest BCUT2D eigenvalue weighted by molar-refractivity contribution is -0.384. The number of carbonyl (C=O) groups excluding carboxylic acids is 3. The number of nitro benzene ring substituents is 1. The van der Waals surface area contributed by atoms with E-state index in [1.165, 1.54) is 47.0 Å². The Morgan fingerprint density at radius 1 is 1.35 bits per heavy atom. The largest absolute Gasteiger partial charge is 0.455 e. The summed E-state index contributed by atoms with van der Waals surface area (Å²) in [5.74, 6) is -0.919. The molecule has 31 heavy (non-hydrogen) atoms. The fraction of sp³-hybridized carbons (Fsp3) is 0.381. The average Bonchev–Trinajstić information content (AvgIpc) is 2.69. The minimum absolute atomic E-state index is 0.0220. The van der Waals surface area contributed by atoms with Crippen LogP contribution >= 0.6 is 11.8 Å². The van der Waals surface area contributed by atoms with Crippen molar-refractivity contribution in [3.05, 3.63) is 63.9 Å². The number of non-ortho nitro benzene ring substituents is 1. The molecule has 0 aromatic heterocycles. The van der Waals surface area contributed by atoms with Gasteiger partial charge in [0, 0.05) is 17.9 Å². The van der Waals surface area contributed by atoms with Gasteiger partial charge < -0.3 is 10.1 Å². The molecule has 1 N–H and O–H groups in total. The van der Waals surface area contributed by atoms with Crippen molar-refractivity contribution in [1.29, 1.82) is 0 Å². The summed E-state index contributed by atoms with van der Waals surface area (Å²) in [6, 6.07) is 4.89. The number of allylic oxidation sites excluding steroid dienone is 1. The van der Waals surface area contributed by atoms with Gasteiger partial charge in [-0.15, -0.1) is 11.8 Å². The number of ether oxygens (including phenoxy) is 1. The molecule has 2 heterocycles. The van der Waals surface area contributed by atoms with E-state index < -0.39 is 33.8 Å². The summed E-state index contributed by atoms with van der Waals surface area (Å²) in [7, 11) is 0. The lowest BCUT2D eigenvalue weighted by Gasteiger charge is -2.49. The van der Waals surface area contributed by atoms with E-state index in [9.17, 15) is 24.5 Å². The Hall–Kier alpha value is -3.14. The molecule has 1 aromatic carbocycles. The summed E-state index contributed by atoms with van der Waals surface area (Å²) in [6.45, 7) is 8.95. The number of fused-ring (bicyclic) bond motifs is 1. The normalized spacial score (nSPS) is 20.5. The maximum atomic E-state index is 12.8. The number of carbonyl (C=O) groups is 3. The highest BCUT2D eigenvalue weighted by Crippen LogP contribution is 2.41. The Labute approximate surface area is 183 Å². The van der Waals surface area contributed by atoms with E-state index in [1.54, 1.807) is 20.8 Å². The molecule has 1 aromatic rings. The zero-order valence-electron chi connectivity index (χ0n) is 17.4. The Balaban J connectivity index is 1.68. The predicted octanol–water partition coefficient (Wildman–Crippen LogP) is 2.32. The van der Waals surface area contributed by atoms with E-state index in [4.69, 9.17) is 4.74 Å². The lowest BCUT2D eigenvalue weighted by Crippen LogP contribution is -2.70. The number of rotatable bonds is 6. The zero-order valence-corrected chi connectivity index (χ0v) is 18.2. The SMILES string of the molecule is C=CC1=C(C(=O)OC(C)(C)C)N2C(=O)[C@@H](NC(=O)Cc3ccc([N+](=O)[O-])cc3)[C@@H]2SC1. The van der Waals surface area contributed by atoms with Crippen molar-refractivity contribution < 1.29 is 24.0 Å². The molecule has 0 unspecified atom stereocenters. The molecule has 0 saturated carbocycles. The first-order valence-electron chi connectivity index (χ1n) is 9.58. The van der Waals surface area contributed by atoms with E-state index in [0.29, 0.717) is 16.9 Å². The zero-order chi connectivity index (χ0) is 22.9. The molecular weight excluding hydrogens is 422 g/mol. The first kappa shape index (κ1) is 22.5. The van der Waals surface area contributed by atoms with Crippen LogP contribution in [0.2, 0.25) is 0 Å². The van der Waals surface area contributed by atoms with Crippen molar-refractivity contribution in [2.45, 2.75) is 44.2 Å². The monoisotopic (exact) mass is 445 g/mol. The molecule has 164 valence electrons. The number of thioether (sulfide) groups is 1. The summed E-state index contributed by atoms with van der Waals surface area (Å²) < 4.78 is 5.45. The molecule has 2 atom stereocenters. The Morgan fingerprint density at radius 3 is 2.55 bits per heavy atom. The van der Waals surface area contributed by atoms with E-state index in [2.05, 4.69) is 11.9 Å². The average molecular weight is 445 g/mol. The van der Waals surface area contributed by atoms with Crippen molar-refractivity contribution >= 4 is 35.2 Å². The van der Waals surface area contributed by atoms with Crippen LogP contribution < -0.4 is 5.32 Å². The molecule has 10 heteroatoms. The first-order chi connectivity index (χ1) is 14.5. The smallest absolute Gasteiger partial charge is 0.355 e. The van der Waals surface area contributed by atoms with E-state index >= 15 is 0 Å². The maximum Gasteiger partial charge on any atom is 0.355 e. The van der Waals surface area contributed by atoms with E-state index in [1.807, 2.05) is 0 Å². The van der Waals surface area contributed by atoms with Crippen LogP contribution in [-0.4, -0.2) is 50.4 Å². The Kier molecular flexibility index (Phi) is 6.21. The first-order valence-corrected chi connectivity index (χ1v) is 10.6. The van der Waals surface area contributed by atoms with Crippen molar-refractivity contribution in [2.75, 3.05) is 5.75 Å². The van der Waals surface area contributed by atoms with Crippen LogP contribution in [0.3, 0.4) is 0 Å². The summed E-state index contributed by atoms with van der Waals surface area (Å²) in [6.07, 6.45) is 1.52. The molecule has 0 aliphatic carbocycles. The molecule has 2 amide bonds. The number of β-lactam (4-membered cyclic amide) rings is 1. The fourth-order valence-electron chi connectivity index (χ4n) is 3.26. The third-order valence-electron chi connectivity index (χ3n) is 4.66. The van der Waals surface area contributed by atoms with Gasteiger partial charge in [0.15, 0.2) is 0 Å². The minimum atomic E-state index is -0.764. The number of benzene rings is 1. The van der Waals surface area contributed by atoms with Gasteiger partial charge in [-0.1, -0.05) is 24.8 Å². The number of nitrogens with one attached hydrogen (secondary N) is 1. The molecule has 2 aliphatic rings. The van der Waals surface area contributed by atoms with E-state index in [-0.39, 0.29) is 23.7 Å². The second kappa shape index (κ2) is 8.54. The number of hydrogen-bond acceptors (Lipinski definition) is 7. The second-order valence-corrected chi connectivity index (χ2v) is 9.24. The Bertz CT molecular complexity index is 980. The molecule has 0 bridgehead atoms. The molecule has 3 rings (SSSR count). The van der Waals surface area contributed by atoms with Gasteiger partial charge in [0.25, 0.3) is 11.6 Å². The van der Waals surface area contributed by atoms with Crippen LogP contribution in [0.4, 0.5) is 5.69 Å². The summed E-state index contributed by atoms with van der Waals surface area (Å²) >= 11 is 1.43. The molecular formula is C21H23N3O6S. The van der Waals surface area contributed by atoms with Gasteiger partial charge in [-0.25, -0.2) is 4.79 Å². The number of nitro groups is 1. The fourth-order valence-corrected chi connectivity index (χ4v) is 4.60. The van der Waals surface area contributed by atoms with Crippen LogP contribution in [0, 0.1) is 10.1 Å². The van der Waals surface area contributed by atoms with Crippen molar-refractivity contribution in [1.82, 2.24) is 10.2 Å². The highest BCUT2D eigenvalue weighted by Gasteiger charge is 2.54. The van der Waals surface area contributed by atoms with Crippen LogP contribution in [0.25, 0.3) is 0 Å². The van der Waals surface area contributed by atoms with Gasteiger partial charge in [0.1, 0.15) is 22.7 Å². The third-order valence-corrected chi connectivity index (χ3v) is 5.97. The number of nitrogens with zero attached hydrogens (tertiary/aromatic N) is 2. The molecule has 0 radical (unpaired) electrons. The standard InChI is InChI=1S/C21H23N3O6S/c1-5-13-11-31-19-16(18(26)23(19)17(13)20(27)30-21(2,3)4)22-15(25)10-12-6-8-14(9-7-12)24(28)29/h5-9,16,19H,1,10-11H2,2-4H3,(H,22,25)/t16-,19+/m1/s1. The maximum absolute atomic E-state index is 12.8. The van der Waals surface area contributed by atoms with Crippen molar-refractivity contribution in [2.24, 2.45) is 0 Å². The lowest BCUT2D eigenvalue weighted by atomic mass is 10.0. The van der Waals surface area contributed by atoms with Crippen LogP contribution in [0.1, 0.15) is 26.3 Å². The number of esters is 1. The minimum Gasteiger partial charge on any atom is -0.455 e. The highest BCUT2D eigenvalue weighted by atomic mass is 32.2. The second-order valence-electron chi connectivity index (χ2n) is 8.14. The van der Waals surface area contributed by atoms with Gasteiger partial charge in [-0.3, -0.25) is 24.6 Å². The molecule has 1 fully saturated rings. The van der Waals surface area contributed by atoms with Gasteiger partial charge in [0.05, 0.1) is 11.3 Å². The van der Waals surface area contributed by atoms with Gasteiger partial charge in [-0.05, 0) is 31.9 Å². The number of hydrogen-bond donors (Lipinski definition) is 1. The van der Waals surface area contributed by atoms with Crippen LogP contribution in [0.5, 0.6) is 0 Å². The molecule has 0 spiro atoms. The van der Waals surface area contributed by atoms with Gasteiger partial charge >= 0.3 is 5.97 Å². The Morgan fingerprint density at radius 2 is 2.00 bits per heavy atom. The summed E-state index contributed by atoms with van der Waals surface area (Å²) in [4.78, 5) is 49.5. The van der Waals surface area contributed by atoms with Crippen molar-refractivity contribution in [3.63, 3.8) is 0 Å². The quantitative estimate of drug-likeness (QED) is 0.309. The van der Waals surface area contributed by atoms with E-state index in [0.717, 1.165) is 0 Å². The predicted molar refractivity (Wildman–Crippen MR) is 115 cm³/mol. The van der Waals surface area contributed by atoms with Crippen LogP contribution in [-0.2, 0) is 25.5 Å². The molecule has 2 aliphatic heterocycles. The summed E-state index contributed by atoms with van der Waals surface area (Å²) in [5.41, 5.74) is 0.584. The van der Waals surface area contributed by atoms with Crippen molar-refractivity contribution in [3.8, 4) is 0 Å². The van der Waals surface area contributed by atoms with Gasteiger partial charge in [0.2, 0.25) is 5.91 Å². The molecule has 1 saturated heterocycles. The summed E-state index contributed by atoms with van der Waals surface area (Å²) in [5, 5.41) is 13.0. The topological polar surface area (TPSA) is 119 Å². The van der Waals surface area contributed by atoms with Gasteiger partial charge in [-0.2, -0.15) is 0 Å². The third kappa shape index (κ3) is 4.79. The highest BCUT2D eigenvalue weighted by molar-refractivity contribution is 8.00. The molecule has 9 nitrogen and oxygen atoms in total. The number of amides is 2.